The van der Waals surface area contributed by atoms with E-state index in [1.807, 2.05) is 12.1 Å². The highest BCUT2D eigenvalue weighted by molar-refractivity contribution is 6.31. The van der Waals surface area contributed by atoms with E-state index >= 15 is 0 Å². The highest BCUT2D eigenvalue weighted by Crippen LogP contribution is 2.22. The number of benzene rings is 2. The van der Waals surface area contributed by atoms with Gasteiger partial charge in [-0.2, -0.15) is 0 Å². The number of aryl methyl sites for hydroxylation is 2. The Morgan fingerprint density at radius 2 is 1.39 bits per heavy atom. The van der Waals surface area contributed by atoms with Gasteiger partial charge in [0.2, 0.25) is 5.91 Å². The minimum absolute atomic E-state index is 0.0757. The number of nitrogens with zero attached hydrogens (tertiary/aromatic N) is 2. The number of ether oxygens (including phenoxy) is 1. The van der Waals surface area contributed by atoms with Crippen LogP contribution in [0.15, 0.2) is 48.5 Å². The van der Waals surface area contributed by atoms with Crippen LogP contribution in [0.4, 0.5) is 16.4 Å². The summed E-state index contributed by atoms with van der Waals surface area (Å²) in [6, 6.07) is 16.5. The van der Waals surface area contributed by atoms with Gasteiger partial charge in [0, 0.05) is 26.1 Å². The van der Waals surface area contributed by atoms with Crippen molar-refractivity contribution in [2.24, 2.45) is 0 Å². The molecule has 9 N–H and O–H groups in total. The van der Waals surface area contributed by atoms with Gasteiger partial charge < -0.3 is 32.2 Å². The molecule has 0 aliphatic carbocycles. The molecule has 46 heavy (non-hydrogen) atoms. The lowest BCUT2D eigenvalue weighted by molar-refractivity contribution is -0.121. The molecule has 0 spiro atoms. The van der Waals surface area contributed by atoms with Gasteiger partial charge in [-0.3, -0.25) is 20.3 Å². The summed E-state index contributed by atoms with van der Waals surface area (Å²) >= 11 is 5.81. The molecule has 3 amide bonds. The van der Waals surface area contributed by atoms with Gasteiger partial charge in [-0.1, -0.05) is 60.1 Å². The van der Waals surface area contributed by atoms with Crippen LogP contribution in [0.5, 0.6) is 0 Å². The Balaban J connectivity index is 1.31. The molecule has 0 saturated carbocycles. The Morgan fingerprint density at radius 1 is 0.804 bits per heavy atom. The van der Waals surface area contributed by atoms with E-state index < -0.39 is 17.6 Å². The van der Waals surface area contributed by atoms with E-state index in [0.717, 1.165) is 36.0 Å². The number of alkyl carbamates (subject to hydrolysis) is 1. The molecular weight excluding hydrogens is 610 g/mol. The largest absolute Gasteiger partial charge is 0.444 e. The average Bonchev–Trinajstić information content (AvgIpc) is 2.99. The molecule has 1 aromatic heterocycles. The zero-order valence-electron chi connectivity index (χ0n) is 26.3. The van der Waals surface area contributed by atoms with Crippen molar-refractivity contribution < 1.29 is 19.1 Å². The van der Waals surface area contributed by atoms with Crippen LogP contribution in [0.1, 0.15) is 61.6 Å². The van der Waals surface area contributed by atoms with Gasteiger partial charge in [0.1, 0.15) is 5.60 Å². The summed E-state index contributed by atoms with van der Waals surface area (Å²) < 4.78 is 5.16. The normalized spacial score (nSPS) is 11.0. The number of nitrogens with one attached hydrogen (secondary N) is 5. The van der Waals surface area contributed by atoms with Crippen molar-refractivity contribution >= 4 is 47.1 Å². The molecule has 0 saturated heterocycles. The number of aromatic nitrogens is 2. The number of carbonyl (C=O) groups excluding carboxylic acids is 3. The number of halogens is 1. The number of hydrogen-bond donors (Lipinski definition) is 7. The summed E-state index contributed by atoms with van der Waals surface area (Å²) in [4.78, 5) is 43.7. The Morgan fingerprint density at radius 3 is 2.00 bits per heavy atom. The number of nitrogens with two attached hydrogens (primary N) is 2. The zero-order chi connectivity index (χ0) is 33.7. The fourth-order valence-electron chi connectivity index (χ4n) is 4.25. The summed E-state index contributed by atoms with van der Waals surface area (Å²) in [5, 5.41) is 18.4. The molecule has 0 unspecified atom stereocenters. The average molecular weight is 652 g/mol. The van der Waals surface area contributed by atoms with Crippen molar-refractivity contribution in [3.63, 3.8) is 0 Å². The van der Waals surface area contributed by atoms with Gasteiger partial charge in [-0.05, 0) is 68.7 Å². The second-order valence-electron chi connectivity index (χ2n) is 11.5. The van der Waals surface area contributed by atoms with E-state index in [0.29, 0.717) is 32.5 Å². The lowest BCUT2D eigenvalue weighted by atomic mass is 9.99. The van der Waals surface area contributed by atoms with Crippen LogP contribution in [0.3, 0.4) is 0 Å². The Hall–Kier alpha value is -4.91. The number of unbranched alkanes of at least 4 members (excludes halogenated alkanes) is 1. The monoisotopic (exact) mass is 651 g/mol. The molecule has 0 radical (unpaired) electrons. The minimum Gasteiger partial charge on any atom is -0.444 e. The van der Waals surface area contributed by atoms with Crippen molar-refractivity contribution in [3.05, 3.63) is 70.5 Å². The topological polar surface area (TPSA) is 210 Å². The first kappa shape index (κ1) is 35.6. The van der Waals surface area contributed by atoms with Gasteiger partial charge in [-0.25, -0.2) is 14.8 Å². The van der Waals surface area contributed by atoms with Crippen LogP contribution in [-0.4, -0.2) is 59.1 Å². The maximum Gasteiger partial charge on any atom is 0.407 e. The van der Waals surface area contributed by atoms with Crippen molar-refractivity contribution in [1.29, 1.82) is 5.41 Å². The number of rotatable bonds is 13. The standard InChI is InChI=1S/C32H42ClN9O4/c1-32(2,3)46-31(45)39-19-18-37-24(43)16-11-21-9-14-23(15-10-21)22-12-7-20(8-13-22)6-4-5-17-38-30(36)42-29(44)25-27(34)41-28(35)26(33)40-25/h7-10,12-15H,4-6,11,16-19H2,1-3H3,(H,37,43)(H,39,45)(H4,34,35,41)(H3,36,38,42,44). The van der Waals surface area contributed by atoms with Crippen molar-refractivity contribution in [1.82, 2.24) is 31.2 Å². The van der Waals surface area contributed by atoms with Crippen LogP contribution < -0.4 is 32.7 Å². The van der Waals surface area contributed by atoms with E-state index in [4.69, 9.17) is 33.2 Å². The molecule has 0 aliphatic rings. The van der Waals surface area contributed by atoms with Gasteiger partial charge in [-0.15, -0.1) is 0 Å². The maximum absolute atomic E-state index is 12.3. The Bertz CT molecular complexity index is 1510. The molecule has 3 rings (SSSR count). The van der Waals surface area contributed by atoms with Gasteiger partial charge in [0.05, 0.1) is 0 Å². The van der Waals surface area contributed by atoms with Crippen molar-refractivity contribution in [3.8, 4) is 11.1 Å². The molecule has 3 aromatic rings. The fourth-order valence-corrected chi connectivity index (χ4v) is 4.37. The van der Waals surface area contributed by atoms with Crippen LogP contribution >= 0.6 is 11.6 Å². The summed E-state index contributed by atoms with van der Waals surface area (Å²) in [6.07, 6.45) is 3.02. The highest BCUT2D eigenvalue weighted by Gasteiger charge is 2.17. The fraction of sp³-hybridized carbons (Fsp3) is 0.375. The SMILES string of the molecule is CC(C)(C)OC(=O)NCCNC(=O)CCc1ccc(-c2ccc(CCCCNC(=N)NC(=O)c3nc(Cl)c(N)nc3N)cc2)cc1. The summed E-state index contributed by atoms with van der Waals surface area (Å²) in [5.74, 6) is -1.20. The molecule has 13 nitrogen and oxygen atoms in total. The second kappa shape index (κ2) is 17.0. The predicted molar refractivity (Wildman–Crippen MR) is 179 cm³/mol. The molecule has 0 fully saturated rings. The zero-order valence-corrected chi connectivity index (χ0v) is 27.1. The first-order valence-corrected chi connectivity index (χ1v) is 15.3. The number of carbonyl (C=O) groups is 3. The summed E-state index contributed by atoms with van der Waals surface area (Å²) in [6.45, 7) is 6.52. The lowest BCUT2D eigenvalue weighted by Crippen LogP contribution is -2.41. The summed E-state index contributed by atoms with van der Waals surface area (Å²) in [7, 11) is 0. The van der Waals surface area contributed by atoms with E-state index in [1.165, 1.54) is 5.56 Å². The molecule has 0 bridgehead atoms. The minimum atomic E-state index is -0.704. The Kier molecular flexibility index (Phi) is 13.1. The lowest BCUT2D eigenvalue weighted by Gasteiger charge is -2.19. The predicted octanol–water partition coefficient (Wildman–Crippen LogP) is 3.81. The third-order valence-corrected chi connectivity index (χ3v) is 6.83. The molecule has 0 atom stereocenters. The van der Waals surface area contributed by atoms with Crippen LogP contribution in [0.25, 0.3) is 11.1 Å². The summed E-state index contributed by atoms with van der Waals surface area (Å²) in [5.41, 5.74) is 14.9. The molecule has 246 valence electrons. The third kappa shape index (κ3) is 12.2. The van der Waals surface area contributed by atoms with Crippen LogP contribution in [-0.2, 0) is 22.4 Å². The molecule has 14 heteroatoms. The highest BCUT2D eigenvalue weighted by atomic mass is 35.5. The van der Waals surface area contributed by atoms with E-state index in [-0.39, 0.29) is 34.3 Å². The quantitative estimate of drug-likeness (QED) is 0.0812. The van der Waals surface area contributed by atoms with Gasteiger partial charge in [0.15, 0.2) is 28.4 Å². The number of hydrogen-bond acceptors (Lipinski definition) is 9. The molecule has 1 heterocycles. The van der Waals surface area contributed by atoms with Crippen LogP contribution in [0, 0.1) is 5.41 Å². The smallest absolute Gasteiger partial charge is 0.407 e. The first-order chi connectivity index (χ1) is 21.8. The van der Waals surface area contributed by atoms with E-state index in [1.54, 1.807) is 20.8 Å². The third-order valence-electron chi connectivity index (χ3n) is 6.55. The Labute approximate surface area is 273 Å². The van der Waals surface area contributed by atoms with E-state index in [9.17, 15) is 14.4 Å². The second-order valence-corrected chi connectivity index (χ2v) is 11.9. The van der Waals surface area contributed by atoms with Crippen molar-refractivity contribution in [2.45, 2.75) is 58.5 Å². The number of amides is 3. The van der Waals surface area contributed by atoms with Crippen LogP contribution in [0.2, 0.25) is 5.15 Å². The van der Waals surface area contributed by atoms with Gasteiger partial charge in [0.25, 0.3) is 5.91 Å². The number of guanidine groups is 1. The molecular formula is C32H42ClN9O4. The maximum atomic E-state index is 12.3. The first-order valence-electron chi connectivity index (χ1n) is 14.9. The van der Waals surface area contributed by atoms with Crippen molar-refractivity contribution in [2.75, 3.05) is 31.1 Å². The van der Waals surface area contributed by atoms with E-state index in [2.05, 4.69) is 67.6 Å². The van der Waals surface area contributed by atoms with Gasteiger partial charge >= 0.3 is 6.09 Å². The number of nitrogen functional groups attached to an aromatic ring is 2. The number of anilines is 2. The molecule has 2 aromatic carbocycles. The molecule has 0 aliphatic heterocycles.